The van der Waals surface area contributed by atoms with Crippen molar-refractivity contribution in [1.82, 2.24) is 10.6 Å². The van der Waals surface area contributed by atoms with Gasteiger partial charge in [0, 0.05) is 0 Å². The molecule has 0 unspecified atom stereocenters. The number of primary amides is 1. The molecule has 11 heteroatoms. The van der Waals surface area contributed by atoms with Crippen LogP contribution in [-0.2, 0) is 20.8 Å². The van der Waals surface area contributed by atoms with E-state index in [1.54, 1.807) is 12.1 Å². The number of amides is 3. The van der Waals surface area contributed by atoms with Crippen LogP contribution in [0.3, 0.4) is 0 Å². The lowest BCUT2D eigenvalue weighted by Gasteiger charge is -2.22. The predicted molar refractivity (Wildman–Crippen MR) is 108 cm³/mol. The molecule has 10 nitrogen and oxygen atoms in total. The summed E-state index contributed by atoms with van der Waals surface area (Å²) in [5, 5.41) is 32.4. The summed E-state index contributed by atoms with van der Waals surface area (Å²) in [6, 6.07) is 2.98. The zero-order valence-electron chi connectivity index (χ0n) is 16.5. The van der Waals surface area contributed by atoms with Crippen LogP contribution in [0.15, 0.2) is 24.3 Å². The van der Waals surface area contributed by atoms with Crippen molar-refractivity contribution in [3.63, 3.8) is 0 Å². The molecule has 0 aliphatic heterocycles. The van der Waals surface area contributed by atoms with Gasteiger partial charge in [-0.25, -0.2) is 0 Å². The van der Waals surface area contributed by atoms with Crippen molar-refractivity contribution >= 4 is 30.3 Å². The van der Waals surface area contributed by atoms with Crippen molar-refractivity contribution in [3.05, 3.63) is 29.8 Å². The SMILES string of the molecule is CC(C)C[C@H](NC(=O)[C@H](CO)NC(=O)[C@@H](N)Cc1ccc(B(O)O)cc1)C(N)=O. The molecule has 3 amide bonds. The quantitative estimate of drug-likeness (QED) is 0.187. The average Bonchev–Trinajstić information content (AvgIpc) is 2.65. The Morgan fingerprint density at radius 1 is 1.03 bits per heavy atom. The van der Waals surface area contributed by atoms with Gasteiger partial charge in [0.25, 0.3) is 0 Å². The molecule has 0 aromatic heterocycles. The maximum Gasteiger partial charge on any atom is 0.488 e. The first kappa shape index (κ1) is 24.6. The molecule has 1 rings (SSSR count). The van der Waals surface area contributed by atoms with E-state index >= 15 is 0 Å². The molecule has 0 radical (unpaired) electrons. The second-order valence-corrected chi connectivity index (χ2v) is 7.26. The standard InChI is InChI=1S/C18H29BN4O6/c1-10(2)7-14(16(21)25)22-18(27)15(9-24)23-17(26)13(20)8-11-3-5-12(6-4-11)19(28)29/h3-6,10,13-15,24,28-29H,7-9,20H2,1-2H3,(H2,21,25)(H,22,27)(H,23,26)/t13-,14-,15-/m0/s1. The monoisotopic (exact) mass is 408 g/mol. The molecule has 0 aliphatic rings. The topological polar surface area (TPSA) is 188 Å². The zero-order valence-corrected chi connectivity index (χ0v) is 16.5. The molecule has 160 valence electrons. The lowest BCUT2D eigenvalue weighted by molar-refractivity contribution is -0.132. The fourth-order valence-electron chi connectivity index (χ4n) is 2.64. The van der Waals surface area contributed by atoms with E-state index < -0.39 is 49.6 Å². The minimum atomic E-state index is -1.59. The normalized spacial score (nSPS) is 14.0. The molecule has 0 fully saturated rings. The third-order valence-electron chi connectivity index (χ3n) is 4.25. The molecular weight excluding hydrogens is 379 g/mol. The molecular formula is C18H29BN4O6. The molecule has 0 bridgehead atoms. The fraction of sp³-hybridized carbons (Fsp3) is 0.500. The van der Waals surface area contributed by atoms with Crippen LogP contribution < -0.4 is 27.6 Å². The first-order valence-electron chi connectivity index (χ1n) is 9.26. The number of nitrogens with two attached hydrogens (primary N) is 2. The number of aliphatic hydroxyl groups is 1. The van der Waals surface area contributed by atoms with Gasteiger partial charge in [0.15, 0.2) is 0 Å². The van der Waals surface area contributed by atoms with Crippen molar-refractivity contribution in [2.24, 2.45) is 17.4 Å². The van der Waals surface area contributed by atoms with Gasteiger partial charge in [-0.1, -0.05) is 38.1 Å². The summed E-state index contributed by atoms with van der Waals surface area (Å²) < 4.78 is 0. The van der Waals surface area contributed by atoms with Crippen LogP contribution in [-0.4, -0.2) is 64.7 Å². The van der Waals surface area contributed by atoms with Crippen LogP contribution >= 0.6 is 0 Å². The van der Waals surface area contributed by atoms with Crippen LogP contribution in [0, 0.1) is 5.92 Å². The van der Waals surface area contributed by atoms with Gasteiger partial charge in [0.05, 0.1) is 12.6 Å². The molecule has 0 spiro atoms. The number of carbonyl (C=O) groups is 3. The molecule has 0 aliphatic carbocycles. The van der Waals surface area contributed by atoms with Crippen LogP contribution in [0.2, 0.25) is 0 Å². The van der Waals surface area contributed by atoms with Gasteiger partial charge < -0.3 is 37.3 Å². The third-order valence-corrected chi connectivity index (χ3v) is 4.25. The molecule has 29 heavy (non-hydrogen) atoms. The third kappa shape index (κ3) is 8.20. The van der Waals surface area contributed by atoms with Crippen molar-refractivity contribution < 1.29 is 29.5 Å². The summed E-state index contributed by atoms with van der Waals surface area (Å²) in [6.07, 6.45) is 0.454. The minimum Gasteiger partial charge on any atom is -0.423 e. The molecule has 9 N–H and O–H groups in total. The Kier molecular flexibility index (Phi) is 9.76. The first-order valence-corrected chi connectivity index (χ1v) is 9.26. The number of rotatable bonds is 11. The van der Waals surface area contributed by atoms with E-state index in [-0.39, 0.29) is 12.3 Å². The Labute approximate surface area is 169 Å². The van der Waals surface area contributed by atoms with E-state index in [1.807, 2.05) is 13.8 Å². The van der Waals surface area contributed by atoms with Gasteiger partial charge in [-0.2, -0.15) is 0 Å². The summed E-state index contributed by atoms with van der Waals surface area (Å²) in [5.74, 6) is -2.01. The Bertz CT molecular complexity index is 698. The number of benzene rings is 1. The Morgan fingerprint density at radius 3 is 2.03 bits per heavy atom. The summed E-state index contributed by atoms with van der Waals surface area (Å²) >= 11 is 0. The van der Waals surface area contributed by atoms with Gasteiger partial charge in [-0.3, -0.25) is 14.4 Å². The van der Waals surface area contributed by atoms with E-state index in [0.29, 0.717) is 17.4 Å². The Balaban J connectivity index is 2.68. The smallest absolute Gasteiger partial charge is 0.423 e. The van der Waals surface area contributed by atoms with Crippen LogP contribution in [0.1, 0.15) is 25.8 Å². The second-order valence-electron chi connectivity index (χ2n) is 7.26. The van der Waals surface area contributed by atoms with Gasteiger partial charge in [0.1, 0.15) is 12.1 Å². The van der Waals surface area contributed by atoms with Gasteiger partial charge >= 0.3 is 7.12 Å². The highest BCUT2D eigenvalue weighted by molar-refractivity contribution is 6.58. The van der Waals surface area contributed by atoms with Crippen molar-refractivity contribution in [1.29, 1.82) is 0 Å². The van der Waals surface area contributed by atoms with E-state index in [2.05, 4.69) is 10.6 Å². The number of aliphatic hydroxyl groups excluding tert-OH is 1. The van der Waals surface area contributed by atoms with Gasteiger partial charge in [-0.15, -0.1) is 0 Å². The molecule has 3 atom stereocenters. The van der Waals surface area contributed by atoms with Crippen molar-refractivity contribution in [2.45, 2.75) is 44.8 Å². The van der Waals surface area contributed by atoms with Crippen LogP contribution in [0.25, 0.3) is 0 Å². The minimum absolute atomic E-state index is 0.0988. The van der Waals surface area contributed by atoms with E-state index in [0.717, 1.165) is 0 Å². The van der Waals surface area contributed by atoms with Crippen LogP contribution in [0.5, 0.6) is 0 Å². The largest absolute Gasteiger partial charge is 0.488 e. The average molecular weight is 408 g/mol. The number of nitrogens with one attached hydrogen (secondary N) is 2. The highest BCUT2D eigenvalue weighted by Crippen LogP contribution is 2.05. The molecule has 0 saturated carbocycles. The summed E-state index contributed by atoms with van der Waals surface area (Å²) in [6.45, 7) is 3.04. The number of hydrogen-bond donors (Lipinski definition) is 7. The Morgan fingerprint density at radius 2 is 1.59 bits per heavy atom. The van der Waals surface area contributed by atoms with E-state index in [4.69, 9.17) is 21.5 Å². The van der Waals surface area contributed by atoms with Gasteiger partial charge in [-0.05, 0) is 29.8 Å². The maximum absolute atomic E-state index is 12.3. The van der Waals surface area contributed by atoms with E-state index in [9.17, 15) is 19.5 Å². The van der Waals surface area contributed by atoms with E-state index in [1.165, 1.54) is 12.1 Å². The lowest BCUT2D eigenvalue weighted by atomic mass is 9.80. The lowest BCUT2D eigenvalue weighted by Crippen LogP contribution is -2.57. The molecule has 0 heterocycles. The predicted octanol–water partition coefficient (Wildman–Crippen LogP) is -3.27. The highest BCUT2D eigenvalue weighted by atomic mass is 16.4. The fourth-order valence-corrected chi connectivity index (χ4v) is 2.64. The summed E-state index contributed by atoms with van der Waals surface area (Å²) in [4.78, 5) is 36.1. The second kappa shape index (κ2) is 11.5. The highest BCUT2D eigenvalue weighted by Gasteiger charge is 2.27. The molecule has 0 saturated heterocycles. The number of carbonyl (C=O) groups excluding carboxylic acids is 3. The molecule has 1 aromatic rings. The molecule has 1 aromatic carbocycles. The van der Waals surface area contributed by atoms with Crippen molar-refractivity contribution in [3.8, 4) is 0 Å². The number of hydrogen-bond acceptors (Lipinski definition) is 7. The van der Waals surface area contributed by atoms with Crippen molar-refractivity contribution in [2.75, 3.05) is 6.61 Å². The Hall–Kier alpha value is -2.47. The van der Waals surface area contributed by atoms with Crippen LogP contribution in [0.4, 0.5) is 0 Å². The summed E-state index contributed by atoms with van der Waals surface area (Å²) in [5.41, 5.74) is 12.1. The first-order chi connectivity index (χ1) is 13.5. The maximum atomic E-state index is 12.3. The summed E-state index contributed by atoms with van der Waals surface area (Å²) in [7, 11) is -1.59. The zero-order chi connectivity index (χ0) is 22.1. The van der Waals surface area contributed by atoms with Gasteiger partial charge in [0.2, 0.25) is 17.7 Å².